The summed E-state index contributed by atoms with van der Waals surface area (Å²) >= 11 is 0. The molecular formula is C18H17N3O4. The van der Waals surface area contributed by atoms with E-state index >= 15 is 0 Å². The number of aromatic nitrogens is 2. The fourth-order valence-electron chi connectivity index (χ4n) is 2.73. The maximum atomic E-state index is 12.4. The highest BCUT2D eigenvalue weighted by Gasteiger charge is 2.16. The molecule has 0 atom stereocenters. The first kappa shape index (κ1) is 15.3. The second kappa shape index (κ2) is 6.01. The van der Waals surface area contributed by atoms with Gasteiger partial charge in [-0.3, -0.25) is 9.48 Å². The van der Waals surface area contributed by atoms with Crippen LogP contribution in [-0.4, -0.2) is 22.5 Å². The van der Waals surface area contributed by atoms with Crippen molar-refractivity contribution in [2.45, 2.75) is 20.4 Å². The van der Waals surface area contributed by atoms with Crippen LogP contribution in [0.4, 0.5) is 5.69 Å². The average Bonchev–Trinajstić information content (AvgIpc) is 3.28. The maximum absolute atomic E-state index is 12.4. The van der Waals surface area contributed by atoms with Crippen molar-refractivity contribution in [1.29, 1.82) is 0 Å². The van der Waals surface area contributed by atoms with Gasteiger partial charge < -0.3 is 19.2 Å². The summed E-state index contributed by atoms with van der Waals surface area (Å²) in [5.74, 6) is 1.88. The van der Waals surface area contributed by atoms with Gasteiger partial charge in [0.25, 0.3) is 5.91 Å². The van der Waals surface area contributed by atoms with E-state index in [9.17, 15) is 4.79 Å². The molecule has 0 unspecified atom stereocenters. The Morgan fingerprint density at radius 2 is 2.00 bits per heavy atom. The number of aryl methyl sites for hydroxylation is 2. The quantitative estimate of drug-likeness (QED) is 0.790. The van der Waals surface area contributed by atoms with Crippen molar-refractivity contribution in [1.82, 2.24) is 9.78 Å². The second-order valence-corrected chi connectivity index (χ2v) is 5.87. The molecular weight excluding hydrogens is 322 g/mol. The smallest absolute Gasteiger partial charge is 0.291 e. The van der Waals surface area contributed by atoms with Gasteiger partial charge in [-0.1, -0.05) is 0 Å². The Hall–Kier alpha value is -3.22. The summed E-state index contributed by atoms with van der Waals surface area (Å²) in [6.45, 7) is 4.60. The Morgan fingerprint density at radius 1 is 1.16 bits per heavy atom. The van der Waals surface area contributed by atoms with Crippen LogP contribution in [0.1, 0.15) is 27.7 Å². The fourth-order valence-corrected chi connectivity index (χ4v) is 2.73. The minimum atomic E-state index is -0.321. The number of amides is 1. The van der Waals surface area contributed by atoms with Crippen LogP contribution in [-0.2, 0) is 6.54 Å². The van der Waals surface area contributed by atoms with E-state index in [0.717, 1.165) is 11.4 Å². The number of furan rings is 1. The van der Waals surface area contributed by atoms with E-state index in [-0.39, 0.29) is 18.5 Å². The van der Waals surface area contributed by atoms with Gasteiger partial charge in [-0.05, 0) is 44.2 Å². The summed E-state index contributed by atoms with van der Waals surface area (Å²) in [6.07, 6.45) is 0. The molecule has 7 nitrogen and oxygen atoms in total. The number of hydrogen-bond donors (Lipinski definition) is 1. The SMILES string of the molecule is Cc1cc(C)n(Cc2ccc(C(=O)Nc3ccc4c(c3)OCO4)o2)n1. The van der Waals surface area contributed by atoms with Gasteiger partial charge in [0.05, 0.1) is 12.2 Å². The lowest BCUT2D eigenvalue weighted by molar-refractivity contribution is 0.0994. The summed E-state index contributed by atoms with van der Waals surface area (Å²) in [7, 11) is 0. The Bertz CT molecular complexity index is 942. The Labute approximate surface area is 144 Å². The zero-order valence-electron chi connectivity index (χ0n) is 13.9. The number of fused-ring (bicyclic) bond motifs is 1. The second-order valence-electron chi connectivity index (χ2n) is 5.87. The van der Waals surface area contributed by atoms with Crippen LogP contribution in [0.15, 0.2) is 40.8 Å². The third-order valence-corrected chi connectivity index (χ3v) is 3.92. The number of nitrogens with one attached hydrogen (secondary N) is 1. The van der Waals surface area contributed by atoms with Crippen molar-refractivity contribution in [3.63, 3.8) is 0 Å². The van der Waals surface area contributed by atoms with Gasteiger partial charge >= 0.3 is 0 Å². The van der Waals surface area contributed by atoms with Gasteiger partial charge in [-0.15, -0.1) is 0 Å². The molecule has 3 aromatic rings. The van der Waals surface area contributed by atoms with Crippen molar-refractivity contribution in [3.05, 3.63) is 59.3 Å². The highest BCUT2D eigenvalue weighted by Crippen LogP contribution is 2.34. The highest BCUT2D eigenvalue weighted by molar-refractivity contribution is 6.02. The summed E-state index contributed by atoms with van der Waals surface area (Å²) in [6, 6.07) is 10.7. The van der Waals surface area contributed by atoms with Crippen LogP contribution in [0.2, 0.25) is 0 Å². The maximum Gasteiger partial charge on any atom is 0.291 e. The monoisotopic (exact) mass is 339 g/mol. The molecule has 2 aromatic heterocycles. The summed E-state index contributed by atoms with van der Waals surface area (Å²) in [5.41, 5.74) is 2.61. The van der Waals surface area contributed by atoms with Gasteiger partial charge in [-0.25, -0.2) is 0 Å². The number of rotatable bonds is 4. The molecule has 4 rings (SSSR count). The van der Waals surface area contributed by atoms with Crippen LogP contribution in [0, 0.1) is 13.8 Å². The molecule has 1 N–H and O–H groups in total. The lowest BCUT2D eigenvalue weighted by atomic mass is 10.2. The van der Waals surface area contributed by atoms with Gasteiger partial charge in [0, 0.05) is 17.4 Å². The van der Waals surface area contributed by atoms with Crippen LogP contribution in [0.3, 0.4) is 0 Å². The number of ether oxygens (including phenoxy) is 2. The molecule has 0 saturated carbocycles. The summed E-state index contributed by atoms with van der Waals surface area (Å²) in [5, 5.41) is 7.18. The fraction of sp³-hybridized carbons (Fsp3) is 0.222. The first-order valence-electron chi connectivity index (χ1n) is 7.89. The average molecular weight is 339 g/mol. The van der Waals surface area contributed by atoms with Crippen molar-refractivity contribution in [2.24, 2.45) is 0 Å². The zero-order chi connectivity index (χ0) is 17.4. The van der Waals surface area contributed by atoms with E-state index in [2.05, 4.69) is 10.4 Å². The normalized spacial score (nSPS) is 12.4. The zero-order valence-corrected chi connectivity index (χ0v) is 13.9. The standard InChI is InChI=1S/C18H17N3O4/c1-11-7-12(2)21(20-11)9-14-4-6-16(25-14)18(22)19-13-3-5-15-17(8-13)24-10-23-15/h3-8H,9-10H2,1-2H3,(H,19,22). The largest absolute Gasteiger partial charge is 0.454 e. The molecule has 1 aliphatic heterocycles. The lowest BCUT2D eigenvalue weighted by Gasteiger charge is -2.04. The minimum Gasteiger partial charge on any atom is -0.454 e. The van der Waals surface area contributed by atoms with E-state index in [0.29, 0.717) is 29.5 Å². The van der Waals surface area contributed by atoms with Crippen molar-refractivity contribution in [2.75, 3.05) is 12.1 Å². The van der Waals surface area contributed by atoms with Crippen LogP contribution < -0.4 is 14.8 Å². The predicted molar refractivity (Wildman–Crippen MR) is 90.0 cm³/mol. The van der Waals surface area contributed by atoms with Gasteiger partial charge in [0.2, 0.25) is 6.79 Å². The molecule has 0 bridgehead atoms. The van der Waals surface area contributed by atoms with E-state index in [4.69, 9.17) is 13.9 Å². The Morgan fingerprint density at radius 3 is 2.80 bits per heavy atom. The molecule has 7 heteroatoms. The molecule has 1 aliphatic rings. The van der Waals surface area contributed by atoms with E-state index in [1.54, 1.807) is 30.3 Å². The van der Waals surface area contributed by atoms with Gasteiger partial charge in [0.15, 0.2) is 17.3 Å². The van der Waals surface area contributed by atoms with Gasteiger partial charge in [-0.2, -0.15) is 5.10 Å². The number of benzene rings is 1. The molecule has 0 radical (unpaired) electrons. The summed E-state index contributed by atoms with van der Waals surface area (Å²) in [4.78, 5) is 12.4. The molecule has 0 fully saturated rings. The minimum absolute atomic E-state index is 0.195. The van der Waals surface area contributed by atoms with E-state index in [1.807, 2.05) is 24.6 Å². The molecule has 0 saturated heterocycles. The molecule has 0 aliphatic carbocycles. The van der Waals surface area contributed by atoms with Gasteiger partial charge in [0.1, 0.15) is 5.76 Å². The van der Waals surface area contributed by atoms with E-state index in [1.165, 1.54) is 0 Å². The predicted octanol–water partition coefficient (Wildman–Crippen LogP) is 3.12. The number of carbonyl (C=O) groups excluding carboxylic acids is 1. The highest BCUT2D eigenvalue weighted by atomic mass is 16.7. The number of carbonyl (C=O) groups is 1. The first-order valence-corrected chi connectivity index (χ1v) is 7.89. The third-order valence-electron chi connectivity index (χ3n) is 3.92. The molecule has 1 aromatic carbocycles. The first-order chi connectivity index (χ1) is 12.1. The Kier molecular flexibility index (Phi) is 3.68. The van der Waals surface area contributed by atoms with Crippen LogP contribution >= 0.6 is 0 Å². The van der Waals surface area contributed by atoms with E-state index < -0.39 is 0 Å². The van der Waals surface area contributed by atoms with Crippen molar-refractivity contribution in [3.8, 4) is 11.5 Å². The molecule has 1 amide bonds. The summed E-state index contributed by atoms with van der Waals surface area (Å²) < 4.78 is 18.0. The number of anilines is 1. The molecule has 25 heavy (non-hydrogen) atoms. The van der Waals surface area contributed by atoms with Crippen molar-refractivity contribution >= 4 is 11.6 Å². The van der Waals surface area contributed by atoms with Crippen LogP contribution in [0.5, 0.6) is 11.5 Å². The Balaban J connectivity index is 1.46. The molecule has 3 heterocycles. The van der Waals surface area contributed by atoms with Crippen molar-refractivity contribution < 1.29 is 18.7 Å². The molecule has 128 valence electrons. The molecule has 0 spiro atoms. The third kappa shape index (κ3) is 3.08. The topological polar surface area (TPSA) is 78.5 Å². The number of hydrogen-bond acceptors (Lipinski definition) is 5. The lowest BCUT2D eigenvalue weighted by Crippen LogP contribution is -2.10. The van der Waals surface area contributed by atoms with Crippen LogP contribution in [0.25, 0.3) is 0 Å². The number of nitrogens with zero attached hydrogens (tertiary/aromatic N) is 2.